The molecule has 0 aliphatic carbocycles. The maximum atomic E-state index is 14.4. The lowest BCUT2D eigenvalue weighted by molar-refractivity contribution is -0.159. The Morgan fingerprint density at radius 3 is 2.19 bits per heavy atom. The molecule has 3 rings (SSSR count). The SMILES string of the molecule is O=S(=O)(c1ccccc1)N(F)c1ccc(Cc2noc(C(F)(F)F)n2)cc1. The Bertz CT molecular complexity index is 1020. The molecule has 0 saturated heterocycles. The third kappa shape index (κ3) is 4.08. The zero-order valence-electron chi connectivity index (χ0n) is 13.4. The first-order valence-electron chi connectivity index (χ1n) is 7.43. The van der Waals surface area contributed by atoms with E-state index in [9.17, 15) is 26.1 Å². The van der Waals surface area contributed by atoms with Crippen LogP contribution in [0.1, 0.15) is 17.3 Å². The number of nitrogens with zero attached hydrogens (tertiary/aromatic N) is 3. The van der Waals surface area contributed by atoms with Crippen LogP contribution >= 0.6 is 0 Å². The van der Waals surface area contributed by atoms with Crippen molar-refractivity contribution in [2.75, 3.05) is 4.53 Å². The van der Waals surface area contributed by atoms with Crippen molar-refractivity contribution in [1.82, 2.24) is 10.1 Å². The molecule has 142 valence electrons. The molecular weight excluding hydrogens is 390 g/mol. The summed E-state index contributed by atoms with van der Waals surface area (Å²) in [6, 6.07) is 12.1. The van der Waals surface area contributed by atoms with Gasteiger partial charge < -0.3 is 4.52 Å². The fourth-order valence-electron chi connectivity index (χ4n) is 2.18. The smallest absolute Gasteiger partial charge is 0.329 e. The Morgan fingerprint density at radius 1 is 1.00 bits per heavy atom. The van der Waals surface area contributed by atoms with E-state index in [0.29, 0.717) is 5.56 Å². The number of anilines is 1. The van der Waals surface area contributed by atoms with Crippen molar-refractivity contribution in [3.05, 3.63) is 71.9 Å². The maximum absolute atomic E-state index is 14.4. The molecule has 1 heterocycles. The number of sulfonamides is 1. The van der Waals surface area contributed by atoms with Gasteiger partial charge in [-0.15, -0.1) is 0 Å². The fourth-order valence-corrected chi connectivity index (χ4v) is 3.26. The first kappa shape index (κ1) is 18.8. The summed E-state index contributed by atoms with van der Waals surface area (Å²) in [4.78, 5) is 3.01. The molecule has 1 aromatic heterocycles. The van der Waals surface area contributed by atoms with Gasteiger partial charge >= 0.3 is 12.1 Å². The van der Waals surface area contributed by atoms with Gasteiger partial charge in [-0.05, 0) is 29.8 Å². The average molecular weight is 401 g/mol. The molecule has 6 nitrogen and oxygen atoms in total. The third-order valence-electron chi connectivity index (χ3n) is 3.46. The predicted molar refractivity (Wildman–Crippen MR) is 85.8 cm³/mol. The van der Waals surface area contributed by atoms with Gasteiger partial charge in [0.15, 0.2) is 5.82 Å². The van der Waals surface area contributed by atoms with Crippen LogP contribution in [0.3, 0.4) is 0 Å². The van der Waals surface area contributed by atoms with Crippen LogP contribution < -0.4 is 4.53 Å². The second-order valence-electron chi connectivity index (χ2n) is 5.39. The van der Waals surface area contributed by atoms with Crippen LogP contribution in [0.5, 0.6) is 0 Å². The van der Waals surface area contributed by atoms with E-state index in [1.54, 1.807) is 6.07 Å². The van der Waals surface area contributed by atoms with Crippen molar-refractivity contribution in [3.63, 3.8) is 0 Å². The van der Waals surface area contributed by atoms with Crippen molar-refractivity contribution < 1.29 is 30.6 Å². The third-order valence-corrected chi connectivity index (χ3v) is 4.97. The molecule has 0 atom stereocenters. The van der Waals surface area contributed by atoms with Crippen LogP contribution in [-0.2, 0) is 22.6 Å². The van der Waals surface area contributed by atoms with E-state index in [2.05, 4.69) is 14.7 Å². The summed E-state index contributed by atoms with van der Waals surface area (Å²) in [7, 11) is -4.37. The largest absolute Gasteiger partial charge is 0.471 e. The number of rotatable bonds is 5. The highest BCUT2D eigenvalue weighted by Crippen LogP contribution is 2.28. The van der Waals surface area contributed by atoms with Gasteiger partial charge in [0.25, 0.3) is 10.0 Å². The summed E-state index contributed by atoms with van der Waals surface area (Å²) >= 11 is 0. The van der Waals surface area contributed by atoms with Crippen molar-refractivity contribution in [3.8, 4) is 0 Å². The average Bonchev–Trinajstić information content (AvgIpc) is 3.11. The monoisotopic (exact) mass is 401 g/mol. The van der Waals surface area contributed by atoms with Gasteiger partial charge in [-0.25, -0.2) is 0 Å². The van der Waals surface area contributed by atoms with E-state index in [-0.39, 0.29) is 27.4 Å². The number of hydrogen-bond acceptors (Lipinski definition) is 5. The maximum Gasteiger partial charge on any atom is 0.471 e. The summed E-state index contributed by atoms with van der Waals surface area (Å²) in [6.07, 6.45) is -4.84. The van der Waals surface area contributed by atoms with Crippen LogP contribution in [0.2, 0.25) is 0 Å². The molecule has 3 aromatic rings. The number of hydrogen-bond donors (Lipinski definition) is 0. The first-order valence-corrected chi connectivity index (χ1v) is 8.87. The van der Waals surface area contributed by atoms with E-state index >= 15 is 0 Å². The normalized spacial score (nSPS) is 12.1. The molecule has 0 bridgehead atoms. The van der Waals surface area contributed by atoms with E-state index in [0.717, 1.165) is 0 Å². The van der Waals surface area contributed by atoms with Crippen molar-refractivity contribution in [2.45, 2.75) is 17.5 Å². The van der Waals surface area contributed by atoms with E-state index in [1.807, 2.05) is 0 Å². The number of halogens is 4. The predicted octanol–water partition coefficient (Wildman–Crippen LogP) is 3.76. The minimum absolute atomic E-state index is 0.0996. The Balaban J connectivity index is 1.76. The summed E-state index contributed by atoms with van der Waals surface area (Å²) in [6.45, 7) is 0. The van der Waals surface area contributed by atoms with E-state index < -0.39 is 22.1 Å². The molecule has 11 heteroatoms. The van der Waals surface area contributed by atoms with Crippen molar-refractivity contribution in [1.29, 1.82) is 0 Å². The summed E-state index contributed by atoms with van der Waals surface area (Å²) < 4.78 is 79.9. The Morgan fingerprint density at radius 2 is 1.63 bits per heavy atom. The molecule has 0 aliphatic rings. The highest BCUT2D eigenvalue weighted by molar-refractivity contribution is 7.92. The van der Waals surface area contributed by atoms with Gasteiger partial charge in [0.1, 0.15) is 0 Å². The molecule has 0 aliphatic heterocycles. The Labute approximate surface area is 151 Å². The number of aromatic nitrogens is 2. The summed E-state index contributed by atoms with van der Waals surface area (Å²) in [5.74, 6) is -1.66. The topological polar surface area (TPSA) is 76.3 Å². The van der Waals surface area contributed by atoms with Gasteiger partial charge in [-0.2, -0.15) is 26.6 Å². The first-order chi connectivity index (χ1) is 12.7. The van der Waals surface area contributed by atoms with Crippen LogP contribution in [-0.4, -0.2) is 18.6 Å². The highest BCUT2D eigenvalue weighted by Gasteiger charge is 2.38. The van der Waals surface area contributed by atoms with Crippen LogP contribution in [0.25, 0.3) is 0 Å². The molecule has 27 heavy (non-hydrogen) atoms. The molecule has 0 fully saturated rings. The lowest BCUT2D eigenvalue weighted by atomic mass is 10.1. The molecule has 2 aromatic carbocycles. The standard InChI is InChI=1S/C16H11F4N3O3S/c17-16(18,19)15-21-14(22-26-15)10-11-6-8-12(9-7-11)23(20)27(24,25)13-4-2-1-3-5-13/h1-9H,10H2. The van der Waals surface area contributed by atoms with Gasteiger partial charge in [0, 0.05) is 6.42 Å². The highest BCUT2D eigenvalue weighted by atomic mass is 32.2. The number of alkyl halides is 3. The van der Waals surface area contributed by atoms with Crippen LogP contribution in [0, 0.1) is 0 Å². The molecule has 0 unspecified atom stereocenters. The lowest BCUT2D eigenvalue weighted by Crippen LogP contribution is -2.22. The summed E-state index contributed by atoms with van der Waals surface area (Å²) in [5, 5.41) is 3.23. The van der Waals surface area contributed by atoms with Gasteiger partial charge in [0.05, 0.1) is 10.6 Å². The molecule has 0 saturated carbocycles. The zero-order chi connectivity index (χ0) is 19.7. The number of benzene rings is 2. The second-order valence-corrected chi connectivity index (χ2v) is 7.13. The Kier molecular flexibility index (Phi) is 4.87. The van der Waals surface area contributed by atoms with Crippen molar-refractivity contribution in [2.24, 2.45) is 0 Å². The van der Waals surface area contributed by atoms with E-state index in [4.69, 9.17) is 0 Å². The molecule has 0 N–H and O–H groups in total. The van der Waals surface area contributed by atoms with Crippen molar-refractivity contribution >= 4 is 15.7 Å². The van der Waals surface area contributed by atoms with Crippen LogP contribution in [0.4, 0.5) is 23.3 Å². The van der Waals surface area contributed by atoms with Gasteiger partial charge in [-0.1, -0.05) is 44.5 Å². The van der Waals surface area contributed by atoms with Gasteiger partial charge in [0.2, 0.25) is 0 Å². The Hall–Kier alpha value is -2.95. The summed E-state index contributed by atoms with van der Waals surface area (Å²) in [5.41, 5.74) is 0.186. The molecule has 0 spiro atoms. The molecular formula is C16H11F4N3O3S. The minimum atomic E-state index is -4.74. The molecule has 0 radical (unpaired) electrons. The van der Waals surface area contributed by atoms with Gasteiger partial charge in [-0.3, -0.25) is 0 Å². The molecule has 0 amide bonds. The zero-order valence-corrected chi connectivity index (χ0v) is 14.2. The van der Waals surface area contributed by atoms with Crippen LogP contribution in [0.15, 0.2) is 64.0 Å². The second kappa shape index (κ2) is 6.99. The van der Waals surface area contributed by atoms with E-state index in [1.165, 1.54) is 48.5 Å². The quantitative estimate of drug-likeness (QED) is 0.481. The fraction of sp³-hybridized carbons (Fsp3) is 0.125. The lowest BCUT2D eigenvalue weighted by Gasteiger charge is -2.14. The minimum Gasteiger partial charge on any atom is -0.329 e.